The Hall–Kier alpha value is -4.03. The second-order valence-electron chi connectivity index (χ2n) is 10.3. The minimum atomic E-state index is 0.0276. The summed E-state index contributed by atoms with van der Waals surface area (Å²) < 4.78 is 11.2. The largest absolute Gasteiger partial charge is 0.493 e. The molecule has 1 N–H and O–H groups in total. The second kappa shape index (κ2) is 11.8. The second-order valence-corrected chi connectivity index (χ2v) is 10.3. The molecule has 1 atom stereocenters. The number of anilines is 1. The normalized spacial score (nSPS) is 15.0. The highest BCUT2D eigenvalue weighted by Crippen LogP contribution is 2.39. The zero-order valence-electron chi connectivity index (χ0n) is 23.2. The van der Waals surface area contributed by atoms with Crippen molar-refractivity contribution in [1.29, 1.82) is 0 Å². The van der Waals surface area contributed by atoms with Crippen molar-refractivity contribution in [2.45, 2.75) is 25.4 Å². The Morgan fingerprint density at radius 2 is 1.67 bits per heavy atom. The Morgan fingerprint density at radius 1 is 0.949 bits per heavy atom. The first-order valence-electron chi connectivity index (χ1n) is 13.4. The van der Waals surface area contributed by atoms with Gasteiger partial charge in [-0.3, -0.25) is 9.69 Å². The number of benzene rings is 4. The standard InChI is InChI=1S/C33H37N3O3/c1-35(2)27-14-12-23(13-15-27)18-30-29-20-32(39-4)31(38-3)19-25(29)16-17-36(30)22-33(37)34-21-26-10-7-9-24-8-5-6-11-28(24)26/h5-15,19-20,30H,16-18,21-22H2,1-4H3,(H,34,37). The maximum Gasteiger partial charge on any atom is 0.234 e. The number of ether oxygens (including phenoxy) is 2. The predicted octanol–water partition coefficient (Wildman–Crippen LogP) is 5.38. The first kappa shape index (κ1) is 26.6. The summed E-state index contributed by atoms with van der Waals surface area (Å²) in [5.74, 6) is 1.48. The number of hydrogen-bond donors (Lipinski definition) is 1. The summed E-state index contributed by atoms with van der Waals surface area (Å²) in [6.45, 7) is 1.63. The quantitative estimate of drug-likeness (QED) is 0.319. The third-order valence-electron chi connectivity index (χ3n) is 7.70. The van der Waals surface area contributed by atoms with Crippen LogP contribution in [-0.4, -0.2) is 52.2 Å². The summed E-state index contributed by atoms with van der Waals surface area (Å²) >= 11 is 0. The molecule has 0 radical (unpaired) electrons. The molecule has 4 aromatic rings. The minimum Gasteiger partial charge on any atom is -0.493 e. The third-order valence-corrected chi connectivity index (χ3v) is 7.70. The Kier molecular flexibility index (Phi) is 8.03. The van der Waals surface area contributed by atoms with Crippen molar-refractivity contribution in [3.05, 3.63) is 101 Å². The molecule has 4 aromatic carbocycles. The number of fused-ring (bicyclic) bond motifs is 2. The van der Waals surface area contributed by atoms with Crippen molar-refractivity contribution in [1.82, 2.24) is 10.2 Å². The monoisotopic (exact) mass is 523 g/mol. The van der Waals surface area contributed by atoms with Gasteiger partial charge in [0.15, 0.2) is 11.5 Å². The molecule has 0 aliphatic carbocycles. The molecule has 0 aromatic heterocycles. The number of hydrogen-bond acceptors (Lipinski definition) is 5. The van der Waals surface area contributed by atoms with Gasteiger partial charge in [0.2, 0.25) is 5.91 Å². The molecule has 0 saturated carbocycles. The minimum absolute atomic E-state index is 0.0276. The molecule has 6 heteroatoms. The van der Waals surface area contributed by atoms with Crippen LogP contribution in [0.25, 0.3) is 10.8 Å². The van der Waals surface area contributed by atoms with Gasteiger partial charge in [0, 0.05) is 38.9 Å². The molecule has 0 fully saturated rings. The van der Waals surface area contributed by atoms with Crippen molar-refractivity contribution >= 4 is 22.4 Å². The van der Waals surface area contributed by atoms with Crippen molar-refractivity contribution in [3.8, 4) is 11.5 Å². The fourth-order valence-electron chi connectivity index (χ4n) is 5.54. The molecule has 39 heavy (non-hydrogen) atoms. The van der Waals surface area contributed by atoms with Gasteiger partial charge in [-0.2, -0.15) is 0 Å². The van der Waals surface area contributed by atoms with E-state index in [1.54, 1.807) is 14.2 Å². The number of nitrogens with one attached hydrogen (secondary N) is 1. The van der Waals surface area contributed by atoms with Gasteiger partial charge in [-0.05, 0) is 70.1 Å². The molecule has 1 aliphatic rings. The van der Waals surface area contributed by atoms with E-state index in [0.29, 0.717) is 18.8 Å². The lowest BCUT2D eigenvalue weighted by Gasteiger charge is -2.37. The number of nitrogens with zero attached hydrogens (tertiary/aromatic N) is 2. The fraction of sp³-hybridized carbons (Fsp3) is 0.303. The maximum absolute atomic E-state index is 13.3. The summed E-state index contributed by atoms with van der Waals surface area (Å²) in [6, 6.07) is 27.4. The van der Waals surface area contributed by atoms with E-state index in [-0.39, 0.29) is 11.9 Å². The van der Waals surface area contributed by atoms with E-state index in [9.17, 15) is 4.79 Å². The molecule has 1 aliphatic heterocycles. The van der Waals surface area contributed by atoms with Crippen LogP contribution in [0.15, 0.2) is 78.9 Å². The average Bonchev–Trinajstić information content (AvgIpc) is 2.96. The van der Waals surface area contributed by atoms with Crippen LogP contribution < -0.4 is 19.7 Å². The topological polar surface area (TPSA) is 54.0 Å². The van der Waals surface area contributed by atoms with Crippen LogP contribution in [0.1, 0.15) is 28.3 Å². The van der Waals surface area contributed by atoms with Crippen molar-refractivity contribution in [3.63, 3.8) is 0 Å². The van der Waals surface area contributed by atoms with Gasteiger partial charge in [-0.25, -0.2) is 0 Å². The molecule has 0 saturated heterocycles. The first-order chi connectivity index (χ1) is 19.0. The number of methoxy groups -OCH3 is 2. The highest BCUT2D eigenvalue weighted by molar-refractivity contribution is 5.86. The molecule has 6 nitrogen and oxygen atoms in total. The van der Waals surface area contributed by atoms with Crippen molar-refractivity contribution in [2.75, 3.05) is 46.3 Å². The Balaban J connectivity index is 1.38. The van der Waals surface area contributed by atoms with E-state index < -0.39 is 0 Å². The molecule has 0 bridgehead atoms. The smallest absolute Gasteiger partial charge is 0.234 e. The Morgan fingerprint density at radius 3 is 2.41 bits per heavy atom. The number of carbonyl (C=O) groups is 1. The van der Waals surface area contributed by atoms with Crippen LogP contribution in [0.3, 0.4) is 0 Å². The van der Waals surface area contributed by atoms with E-state index in [0.717, 1.165) is 30.7 Å². The number of carbonyl (C=O) groups excluding carboxylic acids is 1. The zero-order valence-corrected chi connectivity index (χ0v) is 23.2. The molecule has 1 heterocycles. The molecule has 1 amide bonds. The summed E-state index contributed by atoms with van der Waals surface area (Å²) in [5.41, 5.74) is 5.96. The SMILES string of the molecule is COc1cc2c(cc1OC)C(Cc1ccc(N(C)C)cc1)N(CC(=O)NCc1cccc3ccccc13)CC2. The highest BCUT2D eigenvalue weighted by Gasteiger charge is 2.30. The van der Waals surface area contributed by atoms with E-state index >= 15 is 0 Å². The highest BCUT2D eigenvalue weighted by atomic mass is 16.5. The Labute approximate surface area is 231 Å². The van der Waals surface area contributed by atoms with Crippen LogP contribution in [0.5, 0.6) is 11.5 Å². The third kappa shape index (κ3) is 5.86. The van der Waals surface area contributed by atoms with E-state index in [4.69, 9.17) is 9.47 Å². The summed E-state index contributed by atoms with van der Waals surface area (Å²) in [4.78, 5) is 17.7. The molecule has 0 spiro atoms. The van der Waals surface area contributed by atoms with Crippen LogP contribution in [0.2, 0.25) is 0 Å². The lowest BCUT2D eigenvalue weighted by atomic mass is 9.88. The van der Waals surface area contributed by atoms with Crippen molar-refractivity contribution in [2.24, 2.45) is 0 Å². The van der Waals surface area contributed by atoms with Crippen LogP contribution in [0, 0.1) is 0 Å². The first-order valence-corrected chi connectivity index (χ1v) is 13.4. The summed E-state index contributed by atoms with van der Waals surface area (Å²) in [7, 11) is 7.43. The Bertz CT molecular complexity index is 1440. The van der Waals surface area contributed by atoms with Gasteiger partial charge < -0.3 is 19.7 Å². The fourth-order valence-corrected chi connectivity index (χ4v) is 5.54. The van der Waals surface area contributed by atoms with Gasteiger partial charge in [0.1, 0.15) is 0 Å². The van der Waals surface area contributed by atoms with E-state index in [1.165, 1.54) is 33.2 Å². The van der Waals surface area contributed by atoms with E-state index in [1.807, 2.05) is 32.3 Å². The van der Waals surface area contributed by atoms with Crippen LogP contribution in [0.4, 0.5) is 5.69 Å². The molecule has 1 unspecified atom stereocenters. The van der Waals surface area contributed by atoms with E-state index in [2.05, 4.69) is 75.8 Å². The summed E-state index contributed by atoms with van der Waals surface area (Å²) in [5, 5.41) is 5.53. The molecule has 202 valence electrons. The van der Waals surface area contributed by atoms with Crippen molar-refractivity contribution < 1.29 is 14.3 Å². The van der Waals surface area contributed by atoms with Crippen LogP contribution >= 0.6 is 0 Å². The lowest BCUT2D eigenvalue weighted by Crippen LogP contribution is -2.43. The predicted molar refractivity (Wildman–Crippen MR) is 158 cm³/mol. The number of amides is 1. The molecule has 5 rings (SSSR count). The van der Waals surface area contributed by atoms with Gasteiger partial charge in [0.25, 0.3) is 0 Å². The molecular formula is C33H37N3O3. The zero-order chi connectivity index (χ0) is 27.4. The molecular weight excluding hydrogens is 486 g/mol. The summed E-state index contributed by atoms with van der Waals surface area (Å²) in [6.07, 6.45) is 1.65. The van der Waals surface area contributed by atoms with Gasteiger partial charge in [-0.15, -0.1) is 0 Å². The van der Waals surface area contributed by atoms with Crippen LogP contribution in [-0.2, 0) is 24.2 Å². The maximum atomic E-state index is 13.3. The van der Waals surface area contributed by atoms with Gasteiger partial charge >= 0.3 is 0 Å². The van der Waals surface area contributed by atoms with Gasteiger partial charge in [-0.1, -0.05) is 54.6 Å². The number of rotatable bonds is 9. The lowest BCUT2D eigenvalue weighted by molar-refractivity contribution is -0.123. The van der Waals surface area contributed by atoms with Gasteiger partial charge in [0.05, 0.1) is 20.8 Å². The average molecular weight is 524 g/mol.